The molecule has 0 radical (unpaired) electrons. The molecular formula is C41H55ClN4O7S2. The fourth-order valence-corrected chi connectivity index (χ4v) is 13.4. The van der Waals surface area contributed by atoms with Crippen molar-refractivity contribution < 1.29 is 31.1 Å². The molecule has 11 nitrogen and oxygen atoms in total. The summed E-state index contributed by atoms with van der Waals surface area (Å²) < 4.78 is 68.3. The number of hydrogen-bond acceptors (Lipinski definition) is 10. The van der Waals surface area contributed by atoms with Crippen LogP contribution >= 0.6 is 11.6 Å². The van der Waals surface area contributed by atoms with Crippen molar-refractivity contribution in [2.24, 2.45) is 17.8 Å². The molecule has 2 saturated heterocycles. The van der Waals surface area contributed by atoms with Crippen molar-refractivity contribution in [3.63, 3.8) is 0 Å². The molecule has 4 aliphatic heterocycles. The molecule has 7 atom stereocenters. The van der Waals surface area contributed by atoms with Gasteiger partial charge in [-0.05, 0) is 105 Å². The van der Waals surface area contributed by atoms with Crippen LogP contribution in [0, 0.1) is 17.8 Å². The van der Waals surface area contributed by atoms with Crippen LogP contribution in [0.2, 0.25) is 5.02 Å². The van der Waals surface area contributed by atoms with E-state index < -0.39 is 36.6 Å². The third-order valence-electron chi connectivity index (χ3n) is 13.9. The summed E-state index contributed by atoms with van der Waals surface area (Å²) in [4.78, 5) is 20.8. The molecule has 1 unspecified atom stereocenters. The number of methoxy groups -OCH3 is 1. The Balaban J connectivity index is 1.18. The lowest BCUT2D eigenvalue weighted by Gasteiger charge is -2.53. The average molecular weight is 815 g/mol. The van der Waals surface area contributed by atoms with Gasteiger partial charge < -0.3 is 14.4 Å². The first-order chi connectivity index (χ1) is 26.2. The van der Waals surface area contributed by atoms with E-state index in [0.717, 1.165) is 55.9 Å². The summed E-state index contributed by atoms with van der Waals surface area (Å²) in [5.74, 6) is 0.555. The number of ether oxygens (including phenoxy) is 2. The van der Waals surface area contributed by atoms with E-state index in [9.17, 15) is 21.6 Å². The number of fused-ring (bicyclic) bond motifs is 5. The predicted octanol–water partition coefficient (Wildman–Crippen LogP) is 4.68. The summed E-state index contributed by atoms with van der Waals surface area (Å²) >= 11 is 6.50. The Labute approximate surface area is 331 Å². The largest absolute Gasteiger partial charge is 0.490 e. The van der Waals surface area contributed by atoms with Gasteiger partial charge in [0.25, 0.3) is 5.91 Å². The first kappa shape index (κ1) is 39.2. The van der Waals surface area contributed by atoms with Gasteiger partial charge in [-0.3, -0.25) is 14.6 Å². The minimum Gasteiger partial charge on any atom is -0.490 e. The summed E-state index contributed by atoms with van der Waals surface area (Å²) in [6, 6.07) is 11.4. The SMILES string of the molecule is CO[C@]1(CN2CCN3CCS(=O)(=O)CC3C2)/C=C/C[C@H](C)[C@@H](C)S(=O)(=O)NC(=O)c2ccc3c(c2)N(C[C@@H]2CC[C@H]21)C[C@@]1(CCCc2cc(Cl)ccc21)CO3. The lowest BCUT2D eigenvalue weighted by atomic mass is 9.63. The van der Waals surface area contributed by atoms with Crippen LogP contribution in [0.25, 0.3) is 0 Å². The number of allylic oxidation sites excluding steroid dienone is 1. The summed E-state index contributed by atoms with van der Waals surface area (Å²) in [6.45, 7) is 8.90. The minimum absolute atomic E-state index is 0.0395. The number of amides is 1. The van der Waals surface area contributed by atoms with Gasteiger partial charge in [-0.15, -0.1) is 0 Å². The van der Waals surface area contributed by atoms with Crippen LogP contribution in [0.15, 0.2) is 48.6 Å². The van der Waals surface area contributed by atoms with Gasteiger partial charge in [-0.25, -0.2) is 21.6 Å². The van der Waals surface area contributed by atoms with E-state index >= 15 is 0 Å². The minimum atomic E-state index is -4.01. The second-order valence-electron chi connectivity index (χ2n) is 17.2. The summed E-state index contributed by atoms with van der Waals surface area (Å²) in [5, 5.41) is -0.107. The molecule has 1 spiro atoms. The lowest BCUT2D eigenvalue weighted by Crippen LogP contribution is -2.63. The zero-order valence-corrected chi connectivity index (χ0v) is 34.6. The Morgan fingerprint density at radius 2 is 1.87 bits per heavy atom. The molecule has 2 aromatic rings. The maximum absolute atomic E-state index is 13.7. The first-order valence-electron chi connectivity index (χ1n) is 20.0. The highest BCUT2D eigenvalue weighted by atomic mass is 35.5. The maximum atomic E-state index is 13.7. The number of sulfone groups is 1. The quantitative estimate of drug-likeness (QED) is 0.437. The molecule has 6 aliphatic rings. The molecule has 300 valence electrons. The van der Waals surface area contributed by atoms with Crippen LogP contribution in [0.1, 0.15) is 67.4 Å². The third-order valence-corrected chi connectivity index (χ3v) is 17.8. The van der Waals surface area contributed by atoms with Crippen LogP contribution in [0.4, 0.5) is 5.69 Å². The lowest BCUT2D eigenvalue weighted by molar-refractivity contribution is -0.0981. The van der Waals surface area contributed by atoms with E-state index in [0.29, 0.717) is 51.5 Å². The highest BCUT2D eigenvalue weighted by Crippen LogP contribution is 2.49. The van der Waals surface area contributed by atoms with Gasteiger partial charge in [0.05, 0.1) is 29.0 Å². The van der Waals surface area contributed by atoms with Gasteiger partial charge in [-0.1, -0.05) is 36.7 Å². The number of halogens is 1. The van der Waals surface area contributed by atoms with E-state index in [1.54, 1.807) is 26.2 Å². The van der Waals surface area contributed by atoms with Crippen molar-refractivity contribution in [3.8, 4) is 5.75 Å². The van der Waals surface area contributed by atoms with E-state index in [1.165, 1.54) is 11.1 Å². The van der Waals surface area contributed by atoms with Gasteiger partial charge >= 0.3 is 0 Å². The van der Waals surface area contributed by atoms with Crippen molar-refractivity contribution in [1.82, 2.24) is 14.5 Å². The van der Waals surface area contributed by atoms with E-state index in [4.69, 9.17) is 21.1 Å². The molecule has 4 heterocycles. The van der Waals surface area contributed by atoms with Gasteiger partial charge in [0.2, 0.25) is 10.0 Å². The van der Waals surface area contributed by atoms with Crippen molar-refractivity contribution in [3.05, 3.63) is 70.3 Å². The molecule has 0 aromatic heterocycles. The average Bonchev–Trinajstić information content (AvgIpc) is 3.28. The van der Waals surface area contributed by atoms with Crippen molar-refractivity contribution in [2.45, 2.75) is 74.7 Å². The second kappa shape index (κ2) is 14.9. The summed E-state index contributed by atoms with van der Waals surface area (Å²) in [5.41, 5.74) is 2.56. The highest BCUT2D eigenvalue weighted by molar-refractivity contribution is 7.91. The van der Waals surface area contributed by atoms with Crippen LogP contribution < -0.4 is 14.4 Å². The van der Waals surface area contributed by atoms with E-state index in [-0.39, 0.29) is 46.3 Å². The standard InChI is InChI=1S/C41H55ClN4O7S2/c1-28-6-4-15-41(52-3,26-44-16-17-45-18-19-54(48,49)24-34(45)23-44)36-11-8-32(36)22-46-25-40(14-5-7-30-20-33(42)10-12-35(30)40)27-53-38-13-9-31(21-37(38)46)39(47)43-55(50,51)29(28)2/h4,9-10,12-13,15,20-21,28-29,32,34,36H,5-8,11,14,16-19,22-27H2,1-3H3,(H,43,47)/b15-4+/t28-,29+,32-,34?,36+,40-,41-/m0/s1. The number of benzene rings is 2. The number of anilines is 1. The fourth-order valence-electron chi connectivity index (χ4n) is 10.3. The zero-order valence-electron chi connectivity index (χ0n) is 32.2. The van der Waals surface area contributed by atoms with Crippen molar-refractivity contribution in [2.75, 3.05) is 75.9 Å². The molecule has 55 heavy (non-hydrogen) atoms. The topological polar surface area (TPSA) is 126 Å². The molecule has 1 saturated carbocycles. The van der Waals surface area contributed by atoms with E-state index in [2.05, 4.69) is 43.7 Å². The Kier molecular flexibility index (Phi) is 10.6. The number of carbonyl (C=O) groups excluding carboxylic acids is 1. The number of aryl methyl sites for hydroxylation is 1. The fraction of sp³-hybridized carbons (Fsp3) is 0.634. The Morgan fingerprint density at radius 1 is 1.04 bits per heavy atom. The monoisotopic (exact) mass is 814 g/mol. The molecule has 8 rings (SSSR count). The van der Waals surface area contributed by atoms with Crippen LogP contribution in [0.5, 0.6) is 5.75 Å². The Morgan fingerprint density at radius 3 is 2.65 bits per heavy atom. The Bertz CT molecular complexity index is 2060. The number of rotatable bonds is 3. The predicted molar refractivity (Wildman–Crippen MR) is 215 cm³/mol. The smallest absolute Gasteiger partial charge is 0.264 e. The number of sulfonamides is 1. The van der Waals surface area contributed by atoms with Crippen LogP contribution in [-0.2, 0) is 36.4 Å². The summed E-state index contributed by atoms with van der Waals surface area (Å²) in [7, 11) is -5.30. The zero-order chi connectivity index (χ0) is 38.8. The molecule has 1 amide bonds. The first-order valence-corrected chi connectivity index (χ1v) is 23.7. The molecule has 14 heteroatoms. The normalized spacial score (nSPS) is 35.5. The summed E-state index contributed by atoms with van der Waals surface area (Å²) in [6.07, 6.45) is 9.61. The molecular weight excluding hydrogens is 760 g/mol. The van der Waals surface area contributed by atoms with Crippen molar-refractivity contribution in [1.29, 1.82) is 0 Å². The number of nitrogens with one attached hydrogen (secondary N) is 1. The number of nitrogens with zero attached hydrogens (tertiary/aromatic N) is 3. The van der Waals surface area contributed by atoms with Crippen LogP contribution in [0.3, 0.4) is 0 Å². The molecule has 3 fully saturated rings. The maximum Gasteiger partial charge on any atom is 0.264 e. The van der Waals surface area contributed by atoms with E-state index in [1.807, 2.05) is 19.1 Å². The second-order valence-corrected chi connectivity index (χ2v) is 21.9. The third kappa shape index (κ3) is 7.58. The highest BCUT2D eigenvalue weighted by Gasteiger charge is 2.50. The van der Waals surface area contributed by atoms with Crippen molar-refractivity contribution >= 4 is 43.1 Å². The molecule has 2 aromatic carbocycles. The molecule has 2 bridgehead atoms. The Hall–Kier alpha value is -2.68. The van der Waals surface area contributed by atoms with Gasteiger partial charge in [0, 0.05) is 75.0 Å². The van der Waals surface area contributed by atoms with Gasteiger partial charge in [0.15, 0.2) is 9.84 Å². The van der Waals surface area contributed by atoms with Crippen LogP contribution in [-0.4, -0.2) is 120 Å². The number of carbonyl (C=O) groups is 1. The van der Waals surface area contributed by atoms with Gasteiger partial charge in [0.1, 0.15) is 11.4 Å². The number of piperazine rings is 1. The van der Waals surface area contributed by atoms with Gasteiger partial charge in [-0.2, -0.15) is 0 Å². The molecule has 1 N–H and O–H groups in total. The number of hydrogen-bond donors (Lipinski definition) is 1. The molecule has 2 aliphatic carbocycles.